The van der Waals surface area contributed by atoms with Gasteiger partial charge in [-0.25, -0.2) is 0 Å². The molecule has 30 heavy (non-hydrogen) atoms. The molecule has 0 atom stereocenters. The summed E-state index contributed by atoms with van der Waals surface area (Å²) in [6.45, 7) is 0.0736. The molecule has 1 fully saturated rings. The molecule has 1 aliphatic rings. The van der Waals surface area contributed by atoms with Crippen LogP contribution in [0.4, 0.5) is 0 Å². The summed E-state index contributed by atoms with van der Waals surface area (Å²) in [6, 6.07) is 0. The fourth-order valence-corrected chi connectivity index (χ4v) is 2.49. The maximum atomic E-state index is 11.8. The van der Waals surface area contributed by atoms with Crippen molar-refractivity contribution in [2.75, 3.05) is 45.9 Å². The standard InChI is InChI=1S/C19H30N4O7/c24-14-4-2-8-21-12-19(29)30-13-18(28)23-11-15(25)3-1-7-20-9-16(26)5-6-17(27)22-10-14/h20-21H,1-13H2,(H,22,27)(H,23,28). The van der Waals surface area contributed by atoms with Crippen LogP contribution in [0.25, 0.3) is 0 Å². The van der Waals surface area contributed by atoms with Crippen molar-refractivity contribution < 1.29 is 33.5 Å². The largest absolute Gasteiger partial charge is 0.455 e. The second-order valence-corrected chi connectivity index (χ2v) is 6.89. The molecule has 1 heterocycles. The summed E-state index contributed by atoms with van der Waals surface area (Å²) in [4.78, 5) is 70.1. The van der Waals surface area contributed by atoms with Crippen molar-refractivity contribution >= 4 is 35.1 Å². The molecule has 11 heteroatoms. The van der Waals surface area contributed by atoms with Crippen LogP contribution >= 0.6 is 0 Å². The highest BCUT2D eigenvalue weighted by molar-refractivity contribution is 5.89. The van der Waals surface area contributed by atoms with Crippen LogP contribution in [0.3, 0.4) is 0 Å². The van der Waals surface area contributed by atoms with E-state index in [1.54, 1.807) is 0 Å². The number of rotatable bonds is 0. The van der Waals surface area contributed by atoms with Crippen LogP contribution in [0.15, 0.2) is 0 Å². The molecule has 168 valence electrons. The number of nitrogens with one attached hydrogen (secondary N) is 4. The zero-order valence-corrected chi connectivity index (χ0v) is 17.1. The Hall–Kier alpha value is -2.66. The molecule has 0 aromatic carbocycles. The van der Waals surface area contributed by atoms with E-state index >= 15 is 0 Å². The summed E-state index contributed by atoms with van der Waals surface area (Å²) in [7, 11) is 0. The van der Waals surface area contributed by atoms with E-state index in [4.69, 9.17) is 4.74 Å². The van der Waals surface area contributed by atoms with E-state index in [-0.39, 0.29) is 75.1 Å². The minimum atomic E-state index is -0.620. The van der Waals surface area contributed by atoms with Crippen LogP contribution in [0.1, 0.15) is 38.5 Å². The molecular formula is C19H30N4O7. The van der Waals surface area contributed by atoms with E-state index in [2.05, 4.69) is 21.3 Å². The molecule has 2 amide bonds. The number of hydrogen-bond acceptors (Lipinski definition) is 9. The van der Waals surface area contributed by atoms with E-state index in [1.165, 1.54) is 0 Å². The Bertz CT molecular complexity index is 534. The van der Waals surface area contributed by atoms with Gasteiger partial charge in [-0.1, -0.05) is 0 Å². The minimum Gasteiger partial charge on any atom is -0.455 e. The summed E-state index contributed by atoms with van der Waals surface area (Å²) in [6.07, 6.45) is 1.48. The van der Waals surface area contributed by atoms with Gasteiger partial charge in [0, 0.05) is 25.7 Å². The lowest BCUT2D eigenvalue weighted by molar-refractivity contribution is -0.147. The third-order valence-corrected chi connectivity index (χ3v) is 4.17. The Kier molecular flexibility index (Phi) is 12.9. The first-order valence-corrected chi connectivity index (χ1v) is 10.0. The highest BCUT2D eigenvalue weighted by atomic mass is 16.5. The molecule has 0 spiro atoms. The normalized spacial score (nSPS) is 21.2. The third kappa shape index (κ3) is 13.5. The molecule has 0 aromatic heterocycles. The number of cyclic esters (lactones) is 1. The Morgan fingerprint density at radius 3 is 1.73 bits per heavy atom. The minimum absolute atomic E-state index is 0.00957. The van der Waals surface area contributed by atoms with E-state index in [0.717, 1.165) is 0 Å². The molecule has 1 rings (SSSR count). The summed E-state index contributed by atoms with van der Waals surface area (Å²) in [5.41, 5.74) is 0. The van der Waals surface area contributed by atoms with Gasteiger partial charge in [0.15, 0.2) is 18.2 Å². The van der Waals surface area contributed by atoms with Gasteiger partial charge < -0.3 is 26.0 Å². The molecule has 11 nitrogen and oxygen atoms in total. The molecule has 0 radical (unpaired) electrons. The first-order valence-electron chi connectivity index (χ1n) is 10.0. The number of carbonyl (C=O) groups excluding carboxylic acids is 6. The summed E-state index contributed by atoms with van der Waals surface area (Å²) < 4.78 is 4.79. The fraction of sp³-hybridized carbons (Fsp3) is 0.684. The van der Waals surface area contributed by atoms with Crippen molar-refractivity contribution in [2.24, 2.45) is 0 Å². The monoisotopic (exact) mass is 426 g/mol. The topological polar surface area (TPSA) is 160 Å². The second-order valence-electron chi connectivity index (χ2n) is 6.89. The molecule has 4 N–H and O–H groups in total. The quantitative estimate of drug-likeness (QED) is 0.321. The summed E-state index contributed by atoms with van der Waals surface area (Å²) >= 11 is 0. The molecule has 0 aromatic rings. The molecular weight excluding hydrogens is 396 g/mol. The number of Topliss-reactive ketones (excluding diaryl/α,β-unsaturated/α-hetero) is 3. The van der Waals surface area contributed by atoms with Gasteiger partial charge >= 0.3 is 5.97 Å². The van der Waals surface area contributed by atoms with Gasteiger partial charge in [-0.15, -0.1) is 0 Å². The Balaban J connectivity index is 2.44. The van der Waals surface area contributed by atoms with Crippen LogP contribution in [0.2, 0.25) is 0 Å². The lowest BCUT2D eigenvalue weighted by Gasteiger charge is -2.08. The SMILES string of the molecule is O=C1CCC(=O)NCC(=O)CCCNCC(=O)OCC(=O)NCC(=O)CCCNC1. The average Bonchev–Trinajstić information content (AvgIpc) is 2.72. The van der Waals surface area contributed by atoms with Gasteiger partial charge in [0.2, 0.25) is 5.91 Å². The number of carbonyl (C=O) groups is 6. The molecule has 1 saturated heterocycles. The number of hydrogen-bond donors (Lipinski definition) is 4. The van der Waals surface area contributed by atoms with Gasteiger partial charge in [0.05, 0.1) is 26.2 Å². The van der Waals surface area contributed by atoms with Gasteiger partial charge in [-0.05, 0) is 25.9 Å². The van der Waals surface area contributed by atoms with Crippen LogP contribution in [0, 0.1) is 0 Å². The number of ketones is 3. The van der Waals surface area contributed by atoms with Crippen LogP contribution < -0.4 is 21.3 Å². The van der Waals surface area contributed by atoms with E-state index in [1.807, 2.05) is 0 Å². The first-order chi connectivity index (χ1) is 14.4. The van der Waals surface area contributed by atoms with Crippen LogP contribution in [-0.2, 0) is 33.5 Å². The average molecular weight is 426 g/mol. The maximum absolute atomic E-state index is 11.8. The highest BCUT2D eigenvalue weighted by Crippen LogP contribution is 1.94. The lowest BCUT2D eigenvalue weighted by Crippen LogP contribution is -2.35. The predicted octanol–water partition coefficient (Wildman–Crippen LogP) is -2.00. The maximum Gasteiger partial charge on any atom is 0.320 e. The molecule has 0 saturated carbocycles. The van der Waals surface area contributed by atoms with Crippen molar-refractivity contribution in [3.63, 3.8) is 0 Å². The summed E-state index contributed by atoms with van der Waals surface area (Å²) in [5, 5.41) is 10.6. The van der Waals surface area contributed by atoms with Crippen LogP contribution in [0.5, 0.6) is 0 Å². The number of amides is 2. The Morgan fingerprint density at radius 2 is 1.10 bits per heavy atom. The van der Waals surface area contributed by atoms with Gasteiger partial charge in [0.25, 0.3) is 5.91 Å². The Labute approximate surface area is 175 Å². The van der Waals surface area contributed by atoms with Crippen molar-refractivity contribution in [3.8, 4) is 0 Å². The third-order valence-electron chi connectivity index (χ3n) is 4.17. The van der Waals surface area contributed by atoms with Crippen molar-refractivity contribution in [3.05, 3.63) is 0 Å². The molecule has 0 aliphatic carbocycles. The summed E-state index contributed by atoms with van der Waals surface area (Å²) in [5.74, 6) is -2.01. The zero-order valence-electron chi connectivity index (χ0n) is 17.1. The number of ether oxygens (including phenoxy) is 1. The van der Waals surface area contributed by atoms with E-state index in [0.29, 0.717) is 25.9 Å². The van der Waals surface area contributed by atoms with E-state index < -0.39 is 18.5 Å². The van der Waals surface area contributed by atoms with E-state index in [9.17, 15) is 28.8 Å². The Morgan fingerprint density at radius 1 is 0.567 bits per heavy atom. The van der Waals surface area contributed by atoms with Crippen molar-refractivity contribution in [1.82, 2.24) is 21.3 Å². The van der Waals surface area contributed by atoms with Gasteiger partial charge in [0.1, 0.15) is 5.78 Å². The first kappa shape index (κ1) is 25.4. The van der Waals surface area contributed by atoms with Crippen molar-refractivity contribution in [1.29, 1.82) is 0 Å². The molecule has 0 bridgehead atoms. The molecule has 0 unspecified atom stereocenters. The zero-order chi connectivity index (χ0) is 22.2. The van der Waals surface area contributed by atoms with Crippen LogP contribution in [-0.4, -0.2) is 81.0 Å². The lowest BCUT2D eigenvalue weighted by atomic mass is 10.2. The smallest absolute Gasteiger partial charge is 0.320 e. The van der Waals surface area contributed by atoms with Gasteiger partial charge in [-0.2, -0.15) is 0 Å². The second kappa shape index (κ2) is 15.2. The predicted molar refractivity (Wildman–Crippen MR) is 105 cm³/mol. The fourth-order valence-electron chi connectivity index (χ4n) is 2.49. The van der Waals surface area contributed by atoms with Crippen molar-refractivity contribution in [2.45, 2.75) is 38.5 Å². The van der Waals surface area contributed by atoms with Gasteiger partial charge in [-0.3, -0.25) is 28.8 Å². The number of esters is 1. The molecule has 1 aliphatic heterocycles. The highest BCUT2D eigenvalue weighted by Gasteiger charge is 2.11.